The fourth-order valence-electron chi connectivity index (χ4n) is 3.25. The standard InChI is InChI=1S/C22H24ClN5O/c1-6-14-9-15-7-8-16(10-17(15)25-21(14)29-5)22(2,13-24)12-19-26-18(23)11-20(27-19)28(3)4/h7-11H,6,12H2,1-5H3. The Morgan fingerprint density at radius 2 is 1.93 bits per heavy atom. The minimum absolute atomic E-state index is 0.334. The van der Waals surface area contributed by atoms with E-state index in [0.717, 1.165) is 28.5 Å². The lowest BCUT2D eigenvalue weighted by atomic mass is 9.80. The van der Waals surface area contributed by atoms with E-state index in [0.29, 0.717) is 29.1 Å². The molecule has 6 nitrogen and oxygen atoms in total. The molecule has 2 heterocycles. The molecular weight excluding hydrogens is 386 g/mol. The van der Waals surface area contributed by atoms with Crippen molar-refractivity contribution in [2.24, 2.45) is 0 Å². The summed E-state index contributed by atoms with van der Waals surface area (Å²) in [4.78, 5) is 15.4. The van der Waals surface area contributed by atoms with Gasteiger partial charge in [-0.15, -0.1) is 0 Å². The number of fused-ring (bicyclic) bond motifs is 1. The zero-order valence-corrected chi connectivity index (χ0v) is 18.1. The summed E-state index contributed by atoms with van der Waals surface area (Å²) in [6.45, 7) is 3.95. The SMILES string of the molecule is CCc1cc2ccc(C(C)(C#N)Cc3nc(Cl)cc(N(C)C)n3)cc2nc1OC. The van der Waals surface area contributed by atoms with Gasteiger partial charge >= 0.3 is 0 Å². The highest BCUT2D eigenvalue weighted by molar-refractivity contribution is 6.29. The maximum absolute atomic E-state index is 10.0. The highest BCUT2D eigenvalue weighted by Gasteiger charge is 2.29. The van der Waals surface area contributed by atoms with Gasteiger partial charge in [-0.3, -0.25) is 0 Å². The van der Waals surface area contributed by atoms with Crippen molar-refractivity contribution in [1.82, 2.24) is 15.0 Å². The van der Waals surface area contributed by atoms with Gasteiger partial charge in [-0.05, 0) is 31.0 Å². The molecule has 1 aromatic carbocycles. The minimum Gasteiger partial charge on any atom is -0.481 e. The van der Waals surface area contributed by atoms with Crippen LogP contribution in [0.15, 0.2) is 30.3 Å². The molecular formula is C22H24ClN5O. The fraction of sp³-hybridized carbons (Fsp3) is 0.364. The summed E-state index contributed by atoms with van der Waals surface area (Å²) < 4.78 is 5.43. The van der Waals surface area contributed by atoms with E-state index in [2.05, 4.69) is 34.0 Å². The number of methoxy groups -OCH3 is 1. The van der Waals surface area contributed by atoms with Crippen LogP contribution in [0.2, 0.25) is 5.15 Å². The topological polar surface area (TPSA) is 74.9 Å². The first kappa shape index (κ1) is 20.8. The molecule has 0 N–H and O–H groups in total. The molecule has 2 aromatic heterocycles. The first-order valence-electron chi connectivity index (χ1n) is 9.40. The van der Waals surface area contributed by atoms with E-state index in [9.17, 15) is 5.26 Å². The predicted molar refractivity (Wildman–Crippen MR) is 116 cm³/mol. The molecule has 0 aliphatic heterocycles. The highest BCUT2D eigenvalue weighted by Crippen LogP contribution is 2.31. The molecule has 7 heteroatoms. The molecule has 0 amide bonds. The molecule has 0 fully saturated rings. The second-order valence-corrected chi connectivity index (χ2v) is 7.79. The van der Waals surface area contributed by atoms with Gasteiger partial charge in [0.1, 0.15) is 16.8 Å². The van der Waals surface area contributed by atoms with Crippen LogP contribution in [-0.2, 0) is 18.3 Å². The number of pyridine rings is 1. The van der Waals surface area contributed by atoms with E-state index < -0.39 is 5.41 Å². The highest BCUT2D eigenvalue weighted by atomic mass is 35.5. The van der Waals surface area contributed by atoms with E-state index >= 15 is 0 Å². The van der Waals surface area contributed by atoms with Crippen LogP contribution in [0.5, 0.6) is 5.88 Å². The lowest BCUT2D eigenvalue weighted by Crippen LogP contribution is -2.25. The third-order valence-corrected chi connectivity index (χ3v) is 5.21. The summed E-state index contributed by atoms with van der Waals surface area (Å²) in [6.07, 6.45) is 1.17. The van der Waals surface area contributed by atoms with Crippen molar-refractivity contribution in [3.63, 3.8) is 0 Å². The van der Waals surface area contributed by atoms with E-state index in [1.807, 2.05) is 44.1 Å². The lowest BCUT2D eigenvalue weighted by molar-refractivity contribution is 0.394. The van der Waals surface area contributed by atoms with Gasteiger partial charge in [0.25, 0.3) is 0 Å². The number of rotatable bonds is 6. The minimum atomic E-state index is -0.833. The van der Waals surface area contributed by atoms with Gasteiger partial charge < -0.3 is 9.64 Å². The molecule has 29 heavy (non-hydrogen) atoms. The maximum Gasteiger partial charge on any atom is 0.216 e. The van der Waals surface area contributed by atoms with E-state index in [1.165, 1.54) is 0 Å². The van der Waals surface area contributed by atoms with Gasteiger partial charge in [0.2, 0.25) is 5.88 Å². The van der Waals surface area contributed by atoms with Gasteiger partial charge in [0, 0.05) is 37.5 Å². The summed E-state index contributed by atoms with van der Waals surface area (Å²) in [5, 5.41) is 11.4. The number of ether oxygens (including phenoxy) is 1. The smallest absolute Gasteiger partial charge is 0.216 e. The van der Waals surface area contributed by atoms with Gasteiger partial charge in [-0.2, -0.15) is 5.26 Å². The normalized spacial score (nSPS) is 13.0. The number of hydrogen-bond donors (Lipinski definition) is 0. The van der Waals surface area contributed by atoms with Gasteiger partial charge in [-0.25, -0.2) is 15.0 Å². The molecule has 0 radical (unpaired) electrons. The van der Waals surface area contributed by atoms with Crippen LogP contribution >= 0.6 is 11.6 Å². The van der Waals surface area contributed by atoms with Crippen LogP contribution in [0.4, 0.5) is 5.82 Å². The number of benzene rings is 1. The molecule has 3 rings (SSSR count). The Hall–Kier alpha value is -2.91. The van der Waals surface area contributed by atoms with Crippen LogP contribution < -0.4 is 9.64 Å². The fourth-order valence-corrected chi connectivity index (χ4v) is 3.44. The number of hydrogen-bond acceptors (Lipinski definition) is 6. The Labute approximate surface area is 176 Å². The van der Waals surface area contributed by atoms with E-state index in [-0.39, 0.29) is 0 Å². The second kappa shape index (κ2) is 8.22. The quantitative estimate of drug-likeness (QED) is 0.564. The van der Waals surface area contributed by atoms with Crippen LogP contribution in [0.3, 0.4) is 0 Å². The summed E-state index contributed by atoms with van der Waals surface area (Å²) in [7, 11) is 5.40. The number of anilines is 1. The van der Waals surface area contributed by atoms with Crippen LogP contribution in [0, 0.1) is 11.3 Å². The Morgan fingerprint density at radius 3 is 2.55 bits per heavy atom. The molecule has 0 spiro atoms. The zero-order valence-electron chi connectivity index (χ0n) is 17.3. The molecule has 0 bridgehead atoms. The Kier molecular flexibility index (Phi) is 5.90. The molecule has 3 aromatic rings. The van der Waals surface area contributed by atoms with Crippen LogP contribution in [-0.4, -0.2) is 36.2 Å². The lowest BCUT2D eigenvalue weighted by Gasteiger charge is -2.22. The first-order chi connectivity index (χ1) is 13.8. The summed E-state index contributed by atoms with van der Waals surface area (Å²) >= 11 is 6.17. The van der Waals surface area contributed by atoms with Crippen molar-refractivity contribution in [1.29, 1.82) is 5.26 Å². The summed E-state index contributed by atoms with van der Waals surface area (Å²) in [5.41, 5.74) is 1.86. The number of nitrogens with zero attached hydrogens (tertiary/aromatic N) is 5. The summed E-state index contributed by atoms with van der Waals surface area (Å²) in [6, 6.07) is 12.1. The number of aryl methyl sites for hydroxylation is 1. The van der Waals surface area contributed by atoms with Crippen molar-refractivity contribution in [3.8, 4) is 11.9 Å². The number of halogens is 1. The Morgan fingerprint density at radius 1 is 1.17 bits per heavy atom. The van der Waals surface area contributed by atoms with Crippen molar-refractivity contribution in [2.75, 3.05) is 26.1 Å². The van der Waals surface area contributed by atoms with Crippen molar-refractivity contribution in [3.05, 3.63) is 52.4 Å². The molecule has 1 atom stereocenters. The number of nitriles is 1. The monoisotopic (exact) mass is 409 g/mol. The van der Waals surface area contributed by atoms with Gasteiger partial charge in [0.15, 0.2) is 0 Å². The average molecular weight is 410 g/mol. The van der Waals surface area contributed by atoms with Gasteiger partial charge in [-0.1, -0.05) is 30.7 Å². The third-order valence-electron chi connectivity index (χ3n) is 5.01. The van der Waals surface area contributed by atoms with Crippen LogP contribution in [0.25, 0.3) is 10.9 Å². The molecule has 150 valence electrons. The van der Waals surface area contributed by atoms with Gasteiger partial charge in [0.05, 0.1) is 24.1 Å². The maximum atomic E-state index is 10.0. The van der Waals surface area contributed by atoms with E-state index in [4.69, 9.17) is 16.3 Å². The number of aromatic nitrogens is 3. The second-order valence-electron chi connectivity index (χ2n) is 7.40. The first-order valence-corrected chi connectivity index (χ1v) is 9.77. The molecule has 0 aliphatic carbocycles. The van der Waals surface area contributed by atoms with Crippen molar-refractivity contribution in [2.45, 2.75) is 32.1 Å². The largest absolute Gasteiger partial charge is 0.481 e. The Bertz CT molecular complexity index is 1090. The molecule has 0 aliphatic rings. The Balaban J connectivity index is 2.04. The molecule has 0 saturated heterocycles. The zero-order chi connectivity index (χ0) is 21.2. The molecule has 0 saturated carbocycles. The van der Waals surface area contributed by atoms with Crippen LogP contribution in [0.1, 0.15) is 30.8 Å². The van der Waals surface area contributed by atoms with Crippen molar-refractivity contribution >= 4 is 28.3 Å². The molecule has 1 unspecified atom stereocenters. The predicted octanol–water partition coefficient (Wildman–Crippen LogP) is 4.34. The van der Waals surface area contributed by atoms with Crippen molar-refractivity contribution < 1.29 is 4.74 Å². The third kappa shape index (κ3) is 4.25. The average Bonchev–Trinajstić information content (AvgIpc) is 2.71. The summed E-state index contributed by atoms with van der Waals surface area (Å²) in [5.74, 6) is 1.85. The van der Waals surface area contributed by atoms with E-state index in [1.54, 1.807) is 13.2 Å².